The Morgan fingerprint density at radius 1 is 0.632 bits per heavy atom. The van der Waals surface area contributed by atoms with Gasteiger partial charge >= 0.3 is 0 Å². The molecule has 0 aliphatic heterocycles. The fraction of sp³-hybridized carbons (Fsp3) is 0.185. The molecule has 7 aromatic carbocycles. The Kier molecular flexibility index (Phi) is 12.4. The van der Waals surface area contributed by atoms with Crippen molar-refractivity contribution in [3.05, 3.63) is 192 Å². The van der Waals surface area contributed by atoms with Gasteiger partial charge in [0.05, 0.1) is 12.6 Å². The SMILES string of the molecule is C=NC(C)c1ccccc1.CC.CC(=NCc1ccccc1)c1cccc(-c2ccc(-c3cccc(-c4ccc5oc6ccccc6c5c4)c3C3CC3)c(C)c2)c1. The molecule has 1 unspecified atom stereocenters. The molecule has 1 heterocycles. The molecule has 57 heavy (non-hydrogen) atoms. The third-order valence-electron chi connectivity index (χ3n) is 10.8. The van der Waals surface area contributed by atoms with Crippen molar-refractivity contribution in [2.75, 3.05) is 0 Å². The lowest BCUT2D eigenvalue weighted by Gasteiger charge is -2.18. The summed E-state index contributed by atoms with van der Waals surface area (Å²) < 4.78 is 6.13. The van der Waals surface area contributed by atoms with Gasteiger partial charge in [-0.25, -0.2) is 0 Å². The van der Waals surface area contributed by atoms with E-state index in [9.17, 15) is 0 Å². The molecule has 1 atom stereocenters. The maximum Gasteiger partial charge on any atom is 0.135 e. The molecule has 0 saturated heterocycles. The van der Waals surface area contributed by atoms with E-state index in [-0.39, 0.29) is 6.04 Å². The van der Waals surface area contributed by atoms with Crippen LogP contribution < -0.4 is 0 Å². The lowest BCUT2D eigenvalue weighted by Crippen LogP contribution is -1.97. The third-order valence-corrected chi connectivity index (χ3v) is 10.8. The monoisotopic (exact) mass is 744 g/mol. The highest BCUT2D eigenvalue weighted by Crippen LogP contribution is 2.50. The number of para-hydroxylation sites is 1. The molecule has 1 aliphatic rings. The Balaban J connectivity index is 0.000000359. The van der Waals surface area contributed by atoms with Crippen molar-refractivity contribution in [2.45, 2.75) is 66.0 Å². The standard InChI is InChI=1S/C43H35NO.C9H11N.C2H6/c1-28-24-34(33-13-8-12-32(25-33)29(2)44-27-30-10-4-3-5-11-30)20-22-36(28)39-16-9-15-37(43(39)31-18-19-31)35-21-23-42-40(26-35)38-14-6-7-17-41(38)45-42;1-8(10-2)9-6-4-3-5-7-9;1-2/h3-17,20-26,31H,18-19,27H2,1-2H3;3-8H,2H2,1H3;1-2H3. The summed E-state index contributed by atoms with van der Waals surface area (Å²) in [6.07, 6.45) is 2.49. The number of furan rings is 1. The van der Waals surface area contributed by atoms with Crippen molar-refractivity contribution in [2.24, 2.45) is 9.98 Å². The lowest BCUT2D eigenvalue weighted by molar-refractivity contribution is 0.669. The average molecular weight is 745 g/mol. The molecule has 284 valence electrons. The van der Waals surface area contributed by atoms with Crippen molar-refractivity contribution < 1.29 is 4.42 Å². The minimum atomic E-state index is 0.223. The van der Waals surface area contributed by atoms with Crippen LogP contribution in [0.4, 0.5) is 0 Å². The summed E-state index contributed by atoms with van der Waals surface area (Å²) in [4.78, 5) is 8.78. The van der Waals surface area contributed by atoms with Crippen LogP contribution >= 0.6 is 0 Å². The Hall–Kier alpha value is -6.32. The normalized spacial score (nSPS) is 13.0. The fourth-order valence-electron chi connectivity index (χ4n) is 7.55. The molecule has 1 saturated carbocycles. The summed E-state index contributed by atoms with van der Waals surface area (Å²) in [5.74, 6) is 0.599. The highest BCUT2D eigenvalue weighted by molar-refractivity contribution is 6.06. The van der Waals surface area contributed by atoms with Gasteiger partial charge in [-0.1, -0.05) is 153 Å². The Morgan fingerprint density at radius 2 is 1.28 bits per heavy atom. The van der Waals surface area contributed by atoms with E-state index in [0.29, 0.717) is 12.5 Å². The van der Waals surface area contributed by atoms with E-state index in [4.69, 9.17) is 9.41 Å². The lowest BCUT2D eigenvalue weighted by atomic mass is 9.86. The van der Waals surface area contributed by atoms with Gasteiger partial charge in [0.1, 0.15) is 11.2 Å². The summed E-state index contributed by atoms with van der Waals surface area (Å²) >= 11 is 0. The van der Waals surface area contributed by atoms with Gasteiger partial charge in [0.15, 0.2) is 0 Å². The second-order valence-electron chi connectivity index (χ2n) is 14.6. The first-order valence-electron chi connectivity index (χ1n) is 20.3. The highest BCUT2D eigenvalue weighted by atomic mass is 16.3. The van der Waals surface area contributed by atoms with Gasteiger partial charge in [-0.05, 0) is 132 Å². The summed E-state index contributed by atoms with van der Waals surface area (Å²) in [5, 5.41) is 2.35. The van der Waals surface area contributed by atoms with Crippen molar-refractivity contribution >= 4 is 34.4 Å². The van der Waals surface area contributed by atoms with E-state index in [2.05, 4.69) is 159 Å². The van der Waals surface area contributed by atoms with Gasteiger partial charge in [0, 0.05) is 16.5 Å². The predicted octanol–water partition coefficient (Wildman–Crippen LogP) is 15.3. The molecule has 1 aliphatic carbocycles. The predicted molar refractivity (Wildman–Crippen MR) is 245 cm³/mol. The van der Waals surface area contributed by atoms with Crippen LogP contribution in [0.25, 0.3) is 55.3 Å². The molecule has 0 amide bonds. The van der Waals surface area contributed by atoms with Crippen molar-refractivity contribution in [3.8, 4) is 33.4 Å². The third kappa shape index (κ3) is 8.90. The first-order chi connectivity index (χ1) is 28.0. The summed E-state index contributed by atoms with van der Waals surface area (Å²) in [5.41, 5.74) is 17.0. The summed E-state index contributed by atoms with van der Waals surface area (Å²) in [6.45, 7) is 14.6. The highest BCUT2D eigenvalue weighted by Gasteiger charge is 2.30. The average Bonchev–Trinajstić information content (AvgIpc) is 4.06. The molecule has 0 bridgehead atoms. The number of nitrogens with zero attached hydrogens (tertiary/aromatic N) is 2. The van der Waals surface area contributed by atoms with Gasteiger partial charge in [-0.15, -0.1) is 0 Å². The number of aryl methyl sites for hydroxylation is 1. The van der Waals surface area contributed by atoms with Crippen LogP contribution in [-0.4, -0.2) is 12.4 Å². The number of aliphatic imine (C=N–C) groups is 2. The number of fused-ring (bicyclic) bond motifs is 3. The number of rotatable bonds is 9. The van der Waals surface area contributed by atoms with Crippen molar-refractivity contribution in [1.29, 1.82) is 0 Å². The Morgan fingerprint density at radius 3 is 2.02 bits per heavy atom. The Bertz CT molecular complexity index is 2630. The van der Waals surface area contributed by atoms with Crippen LogP contribution in [0.1, 0.15) is 80.3 Å². The van der Waals surface area contributed by atoms with Crippen LogP contribution in [0.15, 0.2) is 178 Å². The van der Waals surface area contributed by atoms with E-state index < -0.39 is 0 Å². The minimum absolute atomic E-state index is 0.223. The first-order valence-corrected chi connectivity index (χ1v) is 20.3. The largest absolute Gasteiger partial charge is 0.456 e. The van der Waals surface area contributed by atoms with Crippen LogP contribution in [0.3, 0.4) is 0 Å². The quantitative estimate of drug-likeness (QED) is 0.136. The molecule has 0 spiro atoms. The number of hydrogen-bond acceptors (Lipinski definition) is 3. The molecule has 3 nitrogen and oxygen atoms in total. The molecule has 1 fully saturated rings. The molecular formula is C54H52N2O. The zero-order valence-electron chi connectivity index (χ0n) is 33.9. The van der Waals surface area contributed by atoms with Gasteiger partial charge in [0.2, 0.25) is 0 Å². The van der Waals surface area contributed by atoms with E-state index in [0.717, 1.165) is 22.4 Å². The zero-order valence-corrected chi connectivity index (χ0v) is 33.9. The van der Waals surface area contributed by atoms with Gasteiger partial charge in [-0.2, -0.15) is 0 Å². The smallest absolute Gasteiger partial charge is 0.135 e. The van der Waals surface area contributed by atoms with Crippen LogP contribution in [0, 0.1) is 6.92 Å². The second kappa shape index (κ2) is 18.1. The van der Waals surface area contributed by atoms with E-state index >= 15 is 0 Å². The minimum Gasteiger partial charge on any atom is -0.456 e. The molecule has 0 N–H and O–H groups in total. The van der Waals surface area contributed by atoms with Gasteiger partial charge < -0.3 is 4.42 Å². The first kappa shape index (κ1) is 38.9. The van der Waals surface area contributed by atoms with Crippen molar-refractivity contribution in [1.82, 2.24) is 0 Å². The molecule has 9 rings (SSSR count). The maximum atomic E-state index is 6.13. The van der Waals surface area contributed by atoms with Crippen LogP contribution in [0.5, 0.6) is 0 Å². The number of hydrogen-bond donors (Lipinski definition) is 0. The molecule has 1 aromatic heterocycles. The summed E-state index contributed by atoms with van der Waals surface area (Å²) in [7, 11) is 0. The Labute approximate surface area is 338 Å². The van der Waals surface area contributed by atoms with E-state index in [1.54, 1.807) is 0 Å². The fourth-order valence-corrected chi connectivity index (χ4v) is 7.55. The van der Waals surface area contributed by atoms with E-state index in [1.807, 2.05) is 51.1 Å². The van der Waals surface area contributed by atoms with Gasteiger partial charge in [-0.3, -0.25) is 9.98 Å². The van der Waals surface area contributed by atoms with Crippen LogP contribution in [0.2, 0.25) is 0 Å². The molecule has 0 radical (unpaired) electrons. The molecular weight excluding hydrogens is 693 g/mol. The topological polar surface area (TPSA) is 37.9 Å². The van der Waals surface area contributed by atoms with Crippen LogP contribution in [-0.2, 0) is 6.54 Å². The zero-order chi connectivity index (χ0) is 39.7. The second-order valence-corrected chi connectivity index (χ2v) is 14.6. The molecule has 3 heteroatoms. The maximum absolute atomic E-state index is 6.13. The number of benzene rings is 7. The van der Waals surface area contributed by atoms with Crippen molar-refractivity contribution in [3.63, 3.8) is 0 Å². The molecule has 8 aromatic rings. The van der Waals surface area contributed by atoms with Gasteiger partial charge in [0.25, 0.3) is 0 Å². The summed E-state index contributed by atoms with van der Waals surface area (Å²) in [6, 6.07) is 58.4. The van der Waals surface area contributed by atoms with E-state index in [1.165, 1.54) is 79.2 Å².